The molecule has 0 aromatic heterocycles. The predicted octanol–water partition coefficient (Wildman–Crippen LogP) is 18.6. The second-order valence-corrected chi connectivity index (χ2v) is 25.5. The first kappa shape index (κ1) is 52.1. The summed E-state index contributed by atoms with van der Waals surface area (Å²) in [5, 5.41) is 4.26. The van der Waals surface area contributed by atoms with Crippen LogP contribution in [-0.2, 0) is 38.5 Å². The van der Waals surface area contributed by atoms with Gasteiger partial charge in [-0.3, -0.25) is 0 Å². The molecule has 9 aromatic carbocycles. The number of aryl methyl sites for hydroxylation is 6. The van der Waals surface area contributed by atoms with Gasteiger partial charge < -0.3 is 0 Å². The smallest absolute Gasteiger partial charge is 0.0647 e. The Labute approximate surface area is 457 Å². The zero-order valence-corrected chi connectivity index (χ0v) is 47.9. The van der Waals surface area contributed by atoms with E-state index in [4.69, 9.17) is 0 Å². The summed E-state index contributed by atoms with van der Waals surface area (Å²) >= 11 is 0. The van der Waals surface area contributed by atoms with E-state index in [1.807, 2.05) is 0 Å². The summed E-state index contributed by atoms with van der Waals surface area (Å²) in [6.45, 7) is 23.2. The molecular weight excluding hydrogens is 929 g/mol. The van der Waals surface area contributed by atoms with Crippen molar-refractivity contribution in [3.05, 3.63) is 256 Å². The lowest BCUT2D eigenvalue weighted by Gasteiger charge is -2.42. The van der Waals surface area contributed by atoms with Gasteiger partial charge in [-0.2, -0.15) is 0 Å². The van der Waals surface area contributed by atoms with Crippen LogP contribution in [0.25, 0.3) is 66.8 Å². The zero-order chi connectivity index (χ0) is 53.1. The zero-order valence-electron chi connectivity index (χ0n) is 46.9. The SMILES string of the molecule is CCc1ccc(-c2cc(-c3ccc(CC)cc3)cc([Si](c3cc(-c4ccc(CC)cc4)cc(-c4ccc(CC)cc4)c3)(c3cc(-c4ccc(CC)cc4)cc(-c4ccc(CC)cc4)c3)C3C(C)=C(C)C(C)=C3C)c2)cc1. The predicted molar refractivity (Wildman–Crippen MR) is 333 cm³/mol. The molecule has 0 spiro atoms. The summed E-state index contributed by atoms with van der Waals surface area (Å²) in [4.78, 5) is 0. The highest BCUT2D eigenvalue weighted by Crippen LogP contribution is 2.48. The first-order chi connectivity index (χ1) is 37.0. The van der Waals surface area contributed by atoms with Gasteiger partial charge in [-0.1, -0.05) is 235 Å². The third-order valence-electron chi connectivity index (χ3n) is 17.4. The Kier molecular flexibility index (Phi) is 15.4. The minimum absolute atomic E-state index is 0.113. The van der Waals surface area contributed by atoms with E-state index in [9.17, 15) is 0 Å². The van der Waals surface area contributed by atoms with Crippen LogP contribution in [0.1, 0.15) is 103 Å². The normalized spacial score (nSPS) is 13.0. The summed E-state index contributed by atoms with van der Waals surface area (Å²) in [7, 11) is -3.41. The van der Waals surface area contributed by atoms with E-state index in [0.717, 1.165) is 38.5 Å². The van der Waals surface area contributed by atoms with Gasteiger partial charge in [0.25, 0.3) is 0 Å². The Hall–Kier alpha value is -7.32. The number of hydrogen-bond donors (Lipinski definition) is 0. The molecule has 0 radical (unpaired) electrons. The third-order valence-corrected chi connectivity index (χ3v) is 22.7. The molecular formula is C75H76Si. The fourth-order valence-corrected chi connectivity index (χ4v) is 18.2. The lowest BCUT2D eigenvalue weighted by Crippen LogP contribution is -2.70. The lowest BCUT2D eigenvalue weighted by molar-refractivity contribution is 1.09. The van der Waals surface area contributed by atoms with Crippen LogP contribution in [-0.4, -0.2) is 8.07 Å². The fourth-order valence-electron chi connectivity index (χ4n) is 12.2. The molecule has 0 unspecified atom stereocenters. The lowest BCUT2D eigenvalue weighted by atomic mass is 9.97. The topological polar surface area (TPSA) is 0 Å². The number of rotatable bonds is 16. The van der Waals surface area contributed by atoms with Crippen molar-refractivity contribution in [2.24, 2.45) is 0 Å². The molecule has 0 saturated heterocycles. The molecule has 0 N–H and O–H groups in total. The van der Waals surface area contributed by atoms with Crippen molar-refractivity contribution in [2.75, 3.05) is 0 Å². The second-order valence-electron chi connectivity index (χ2n) is 21.6. The van der Waals surface area contributed by atoms with Crippen LogP contribution >= 0.6 is 0 Å². The summed E-state index contributed by atoms with van der Waals surface area (Å²) in [6.07, 6.45) is 6.03. The van der Waals surface area contributed by atoms with E-state index >= 15 is 0 Å². The van der Waals surface area contributed by atoms with Gasteiger partial charge in [0, 0.05) is 5.54 Å². The maximum Gasteiger partial charge on any atom is 0.159 e. The largest absolute Gasteiger partial charge is 0.159 e. The van der Waals surface area contributed by atoms with E-state index in [1.54, 1.807) is 0 Å². The van der Waals surface area contributed by atoms with Gasteiger partial charge in [-0.25, -0.2) is 0 Å². The van der Waals surface area contributed by atoms with Gasteiger partial charge in [-0.05, 0) is 211 Å². The third kappa shape index (κ3) is 10.1. The second kappa shape index (κ2) is 22.5. The summed E-state index contributed by atoms with van der Waals surface area (Å²) in [5.74, 6) is 0. The number of hydrogen-bond acceptors (Lipinski definition) is 0. The van der Waals surface area contributed by atoms with Gasteiger partial charge in [-0.15, -0.1) is 0 Å². The van der Waals surface area contributed by atoms with Crippen molar-refractivity contribution in [2.45, 2.75) is 113 Å². The quantitative estimate of drug-likeness (QED) is 0.0668. The summed E-state index contributed by atoms with van der Waals surface area (Å²) < 4.78 is 0. The average Bonchev–Trinajstić information content (AvgIpc) is 3.82. The highest BCUT2D eigenvalue weighted by molar-refractivity contribution is 7.13. The average molecular weight is 1010 g/mol. The van der Waals surface area contributed by atoms with Crippen molar-refractivity contribution in [1.82, 2.24) is 0 Å². The van der Waals surface area contributed by atoms with Crippen molar-refractivity contribution in [3.8, 4) is 66.8 Å². The standard InChI is InChI=1S/C75H76Si/c1-11-54-17-29-60(30-18-54)66-41-67(61-31-19-55(12-2)20-32-61)45-72(44-66)76(75-52(9)50(7)51(8)53(75)10,73-46-68(62-33-21-56(13-3)22-34-62)42-69(47-73)63-35-23-57(14-4)24-36-63)74-48-70(64-37-25-58(15-5)26-38-64)43-71(49-74)65-39-27-59(16-6)28-40-65/h17-49,75H,11-16H2,1-10H3. The van der Waals surface area contributed by atoms with Gasteiger partial charge >= 0.3 is 0 Å². The van der Waals surface area contributed by atoms with Gasteiger partial charge in [0.1, 0.15) is 0 Å². The first-order valence-electron chi connectivity index (χ1n) is 28.4. The van der Waals surface area contributed by atoms with E-state index in [0.29, 0.717) is 0 Å². The highest BCUT2D eigenvalue weighted by atomic mass is 28.3. The minimum atomic E-state index is -3.41. The fraction of sp³-hybridized carbons (Fsp3) is 0.227. The van der Waals surface area contributed by atoms with Crippen LogP contribution < -0.4 is 15.6 Å². The maximum absolute atomic E-state index is 3.41. The van der Waals surface area contributed by atoms with Gasteiger partial charge in [0.2, 0.25) is 0 Å². The Morgan fingerprint density at radius 3 is 0.566 bits per heavy atom. The molecule has 0 bridgehead atoms. The van der Waals surface area contributed by atoms with Crippen molar-refractivity contribution in [1.29, 1.82) is 0 Å². The van der Waals surface area contributed by atoms with Gasteiger partial charge in [0.05, 0.1) is 0 Å². The maximum atomic E-state index is 2.64. The molecule has 380 valence electrons. The van der Waals surface area contributed by atoms with Crippen LogP contribution in [0.3, 0.4) is 0 Å². The molecule has 0 atom stereocenters. The van der Waals surface area contributed by atoms with E-state index in [-0.39, 0.29) is 5.54 Å². The molecule has 1 aliphatic rings. The monoisotopic (exact) mass is 1000 g/mol. The summed E-state index contributed by atoms with van der Waals surface area (Å²) in [6, 6.07) is 79.6. The van der Waals surface area contributed by atoms with Crippen molar-refractivity contribution >= 4 is 23.6 Å². The number of benzene rings is 9. The molecule has 0 nitrogen and oxygen atoms in total. The van der Waals surface area contributed by atoms with Crippen molar-refractivity contribution in [3.63, 3.8) is 0 Å². The van der Waals surface area contributed by atoms with Crippen LogP contribution in [0.15, 0.2) is 222 Å². The van der Waals surface area contributed by atoms with Gasteiger partial charge in [0.15, 0.2) is 8.07 Å². The molecule has 76 heavy (non-hydrogen) atoms. The molecule has 9 aromatic rings. The van der Waals surface area contributed by atoms with Crippen LogP contribution in [0, 0.1) is 0 Å². The molecule has 0 amide bonds. The van der Waals surface area contributed by atoms with E-state index < -0.39 is 8.07 Å². The Balaban J connectivity index is 1.42. The molecule has 0 fully saturated rings. The Morgan fingerprint density at radius 1 is 0.237 bits per heavy atom. The Morgan fingerprint density at radius 2 is 0.408 bits per heavy atom. The molecule has 10 rings (SSSR count). The minimum Gasteiger partial charge on any atom is -0.0647 e. The van der Waals surface area contributed by atoms with E-state index in [1.165, 1.54) is 138 Å². The molecule has 0 saturated carbocycles. The van der Waals surface area contributed by atoms with Crippen LogP contribution in [0.4, 0.5) is 0 Å². The van der Waals surface area contributed by atoms with Crippen molar-refractivity contribution < 1.29 is 0 Å². The highest BCUT2D eigenvalue weighted by Gasteiger charge is 2.51. The van der Waals surface area contributed by atoms with E-state index in [2.05, 4.69) is 269 Å². The van der Waals surface area contributed by atoms with Crippen LogP contribution in [0.2, 0.25) is 5.54 Å². The molecule has 1 heteroatoms. The molecule has 0 heterocycles. The molecule has 0 aliphatic heterocycles. The Bertz CT molecular complexity index is 3000. The van der Waals surface area contributed by atoms with Crippen LogP contribution in [0.5, 0.6) is 0 Å². The summed E-state index contributed by atoms with van der Waals surface area (Å²) in [5.41, 5.74) is 29.0. The number of allylic oxidation sites excluding steroid dienone is 4. The first-order valence-corrected chi connectivity index (χ1v) is 30.4. The molecule has 1 aliphatic carbocycles.